The van der Waals surface area contributed by atoms with Crippen molar-refractivity contribution in [3.05, 3.63) is 54.1 Å². The van der Waals surface area contributed by atoms with E-state index in [1.807, 2.05) is 13.1 Å². The summed E-state index contributed by atoms with van der Waals surface area (Å²) in [6, 6.07) is 16.8. The number of anilines is 1. The second kappa shape index (κ2) is 4.18. The highest BCUT2D eigenvalue weighted by molar-refractivity contribution is 5.79. The van der Waals surface area contributed by atoms with Crippen LogP contribution >= 0.6 is 0 Å². The number of hydrogen-bond acceptors (Lipinski definition) is 1. The zero-order chi connectivity index (χ0) is 10.7. The monoisotopic (exact) mass is 197 g/mol. The van der Waals surface area contributed by atoms with E-state index in [1.165, 1.54) is 22.4 Å². The average Bonchev–Trinajstić information content (AvgIpc) is 2.30. The first-order chi connectivity index (χ1) is 7.33. The number of nitrogens with one attached hydrogen (secondary N) is 1. The number of benzene rings is 2. The van der Waals surface area contributed by atoms with Crippen molar-refractivity contribution >= 4 is 5.69 Å². The molecule has 0 bridgehead atoms. The maximum atomic E-state index is 3.22. The highest BCUT2D eigenvalue weighted by atomic mass is 14.8. The molecule has 2 aromatic rings. The van der Waals surface area contributed by atoms with Gasteiger partial charge < -0.3 is 5.32 Å². The summed E-state index contributed by atoms with van der Waals surface area (Å²) in [6.07, 6.45) is 0. The van der Waals surface area contributed by atoms with Gasteiger partial charge >= 0.3 is 0 Å². The molecule has 0 heterocycles. The van der Waals surface area contributed by atoms with Gasteiger partial charge in [-0.2, -0.15) is 0 Å². The highest BCUT2D eigenvalue weighted by Crippen LogP contribution is 2.29. The third kappa shape index (κ3) is 1.86. The zero-order valence-electron chi connectivity index (χ0n) is 9.12. The van der Waals surface area contributed by atoms with Gasteiger partial charge in [-0.1, -0.05) is 42.5 Å². The van der Waals surface area contributed by atoms with Crippen LogP contribution in [-0.2, 0) is 0 Å². The molecule has 15 heavy (non-hydrogen) atoms. The molecule has 0 saturated heterocycles. The Morgan fingerprint density at radius 1 is 0.800 bits per heavy atom. The lowest BCUT2D eigenvalue weighted by Gasteiger charge is -2.11. The van der Waals surface area contributed by atoms with Crippen LogP contribution in [0.4, 0.5) is 5.69 Å². The van der Waals surface area contributed by atoms with Crippen LogP contribution in [0.1, 0.15) is 5.56 Å². The van der Waals surface area contributed by atoms with Crippen LogP contribution in [0, 0.1) is 6.92 Å². The Hall–Kier alpha value is -1.76. The average molecular weight is 197 g/mol. The van der Waals surface area contributed by atoms with E-state index in [4.69, 9.17) is 0 Å². The van der Waals surface area contributed by atoms with Gasteiger partial charge in [-0.25, -0.2) is 0 Å². The molecule has 2 aromatic carbocycles. The van der Waals surface area contributed by atoms with Crippen molar-refractivity contribution in [2.45, 2.75) is 6.92 Å². The Morgan fingerprint density at radius 2 is 1.40 bits per heavy atom. The summed E-state index contributed by atoms with van der Waals surface area (Å²) in [7, 11) is 1.96. The maximum Gasteiger partial charge on any atom is 0.0417 e. The molecule has 0 fully saturated rings. The largest absolute Gasteiger partial charge is 0.388 e. The normalized spacial score (nSPS) is 10.0. The predicted molar refractivity (Wildman–Crippen MR) is 66.2 cm³/mol. The van der Waals surface area contributed by atoms with E-state index in [2.05, 4.69) is 54.7 Å². The molecule has 1 heteroatoms. The summed E-state index contributed by atoms with van der Waals surface area (Å²) < 4.78 is 0. The van der Waals surface area contributed by atoms with Gasteiger partial charge in [0.05, 0.1) is 0 Å². The van der Waals surface area contributed by atoms with E-state index in [9.17, 15) is 0 Å². The van der Waals surface area contributed by atoms with Crippen molar-refractivity contribution in [3.8, 4) is 11.1 Å². The molecular formula is C14H15N. The molecule has 0 radical (unpaired) electrons. The second-order valence-electron chi connectivity index (χ2n) is 3.61. The van der Waals surface area contributed by atoms with E-state index < -0.39 is 0 Å². The lowest BCUT2D eigenvalue weighted by molar-refractivity contribution is 1.44. The third-order valence-electron chi connectivity index (χ3n) is 2.63. The molecule has 0 aliphatic carbocycles. The Morgan fingerprint density at radius 3 is 2.07 bits per heavy atom. The molecule has 0 saturated carbocycles. The van der Waals surface area contributed by atoms with Crippen molar-refractivity contribution in [2.24, 2.45) is 0 Å². The summed E-state index contributed by atoms with van der Waals surface area (Å²) >= 11 is 0. The van der Waals surface area contributed by atoms with Gasteiger partial charge in [0.25, 0.3) is 0 Å². The molecule has 0 unspecified atom stereocenters. The van der Waals surface area contributed by atoms with Gasteiger partial charge in [0.1, 0.15) is 0 Å². The molecule has 0 atom stereocenters. The number of aryl methyl sites for hydroxylation is 1. The van der Waals surface area contributed by atoms with Crippen molar-refractivity contribution in [1.29, 1.82) is 0 Å². The van der Waals surface area contributed by atoms with Crippen LogP contribution in [0.5, 0.6) is 0 Å². The van der Waals surface area contributed by atoms with Gasteiger partial charge in [0.15, 0.2) is 0 Å². The molecule has 1 nitrogen and oxygen atoms in total. The molecule has 2 rings (SSSR count). The summed E-state index contributed by atoms with van der Waals surface area (Å²) in [6.45, 7) is 2.14. The standard InChI is InChI=1S/C14H15N/c1-11-7-3-4-8-12(11)13-9-5-6-10-14(13)15-2/h3-10,15H,1-2H3. The minimum Gasteiger partial charge on any atom is -0.388 e. The quantitative estimate of drug-likeness (QED) is 0.774. The fraction of sp³-hybridized carbons (Fsp3) is 0.143. The maximum absolute atomic E-state index is 3.22. The first-order valence-electron chi connectivity index (χ1n) is 5.15. The smallest absolute Gasteiger partial charge is 0.0417 e. The number of para-hydroxylation sites is 1. The van der Waals surface area contributed by atoms with E-state index in [0.29, 0.717) is 0 Å². The predicted octanol–water partition coefficient (Wildman–Crippen LogP) is 3.70. The van der Waals surface area contributed by atoms with Crippen LogP contribution in [0.25, 0.3) is 11.1 Å². The lowest BCUT2D eigenvalue weighted by atomic mass is 9.99. The van der Waals surface area contributed by atoms with E-state index in [-0.39, 0.29) is 0 Å². The molecule has 0 spiro atoms. The molecule has 0 aliphatic heterocycles. The fourth-order valence-corrected chi connectivity index (χ4v) is 1.81. The van der Waals surface area contributed by atoms with Gasteiger partial charge in [-0.3, -0.25) is 0 Å². The topological polar surface area (TPSA) is 12.0 Å². The molecule has 76 valence electrons. The van der Waals surface area contributed by atoms with Crippen LogP contribution in [0.15, 0.2) is 48.5 Å². The zero-order valence-corrected chi connectivity index (χ0v) is 9.12. The second-order valence-corrected chi connectivity index (χ2v) is 3.61. The minimum absolute atomic E-state index is 1.17. The van der Waals surface area contributed by atoms with Crippen LogP contribution in [0.3, 0.4) is 0 Å². The van der Waals surface area contributed by atoms with Crippen LogP contribution in [0.2, 0.25) is 0 Å². The van der Waals surface area contributed by atoms with Crippen LogP contribution < -0.4 is 5.32 Å². The van der Waals surface area contributed by atoms with Crippen molar-refractivity contribution < 1.29 is 0 Å². The molecule has 0 amide bonds. The summed E-state index contributed by atoms with van der Waals surface area (Å²) in [5.74, 6) is 0. The van der Waals surface area contributed by atoms with Crippen LogP contribution in [-0.4, -0.2) is 7.05 Å². The molecule has 1 N–H and O–H groups in total. The van der Waals surface area contributed by atoms with Gasteiger partial charge in [-0.15, -0.1) is 0 Å². The van der Waals surface area contributed by atoms with E-state index in [1.54, 1.807) is 0 Å². The Bertz CT molecular complexity index is 460. The fourth-order valence-electron chi connectivity index (χ4n) is 1.81. The number of rotatable bonds is 2. The first kappa shape index (κ1) is 9.78. The van der Waals surface area contributed by atoms with E-state index in [0.717, 1.165) is 0 Å². The number of hydrogen-bond donors (Lipinski definition) is 1. The Kier molecular flexibility index (Phi) is 2.72. The Labute approximate surface area is 90.8 Å². The Balaban J connectivity index is 2.59. The van der Waals surface area contributed by atoms with E-state index >= 15 is 0 Å². The van der Waals surface area contributed by atoms with Crippen molar-refractivity contribution in [2.75, 3.05) is 12.4 Å². The van der Waals surface area contributed by atoms with Gasteiger partial charge in [0, 0.05) is 18.3 Å². The van der Waals surface area contributed by atoms with Gasteiger partial charge in [0.2, 0.25) is 0 Å². The lowest BCUT2D eigenvalue weighted by Crippen LogP contribution is -1.92. The summed E-state index contributed by atoms with van der Waals surface area (Å²) in [4.78, 5) is 0. The summed E-state index contributed by atoms with van der Waals surface area (Å²) in [5.41, 5.74) is 5.03. The third-order valence-corrected chi connectivity index (χ3v) is 2.63. The van der Waals surface area contributed by atoms with Gasteiger partial charge in [-0.05, 0) is 24.1 Å². The SMILES string of the molecule is CNc1ccccc1-c1ccccc1C. The molecular weight excluding hydrogens is 182 g/mol. The van der Waals surface area contributed by atoms with Crippen molar-refractivity contribution in [1.82, 2.24) is 0 Å². The van der Waals surface area contributed by atoms with Crippen molar-refractivity contribution in [3.63, 3.8) is 0 Å². The molecule has 0 aromatic heterocycles. The summed E-state index contributed by atoms with van der Waals surface area (Å²) in [5, 5.41) is 3.22. The highest BCUT2D eigenvalue weighted by Gasteiger charge is 2.04. The minimum atomic E-state index is 1.17. The first-order valence-corrected chi connectivity index (χ1v) is 5.15. The molecule has 0 aliphatic rings.